The van der Waals surface area contributed by atoms with Crippen LogP contribution < -0.4 is 0 Å². The first-order chi connectivity index (χ1) is 5.52. The van der Waals surface area contributed by atoms with Crippen molar-refractivity contribution in [2.24, 2.45) is 0 Å². The fraction of sp³-hybridized carbons (Fsp3) is 0.429. The van der Waals surface area contributed by atoms with E-state index in [1.165, 1.54) is 4.68 Å². The molecule has 1 aromatic heterocycles. The molecule has 5 heteroatoms. The first-order valence-corrected chi connectivity index (χ1v) is 4.25. The minimum Gasteiger partial charge on any atom is -0.269 e. The third-order valence-electron chi connectivity index (χ3n) is 1.41. The minimum absolute atomic E-state index is 0.413. The van der Waals surface area contributed by atoms with Crippen LogP contribution in [-0.2, 0) is 0 Å². The molecular weight excluding hydrogens is 199 g/mol. The lowest BCUT2D eigenvalue weighted by atomic mass is 10.4. The minimum atomic E-state index is -1.05. The molecule has 1 heterocycles. The van der Waals surface area contributed by atoms with Crippen LogP contribution in [0.4, 0.5) is 0 Å². The second-order valence-corrected chi connectivity index (χ2v) is 3.57. The standard InChI is InChI=1S/C7H8Cl2N2O/c1-4-3-5(2)11(10-4)7(12)6(8)9/h3,6H,1-2H3. The van der Waals surface area contributed by atoms with Gasteiger partial charge < -0.3 is 0 Å². The lowest BCUT2D eigenvalue weighted by Gasteiger charge is -2.01. The van der Waals surface area contributed by atoms with Crippen molar-refractivity contribution in [1.82, 2.24) is 9.78 Å². The van der Waals surface area contributed by atoms with Crippen LogP contribution in [0.2, 0.25) is 0 Å². The summed E-state index contributed by atoms with van der Waals surface area (Å²) in [6, 6.07) is 1.79. The molecule has 0 aliphatic carbocycles. The predicted octanol–water partition coefficient (Wildman–Crippen LogP) is 1.94. The molecule has 1 rings (SSSR count). The molecule has 0 N–H and O–H groups in total. The van der Waals surface area contributed by atoms with Gasteiger partial charge in [0.1, 0.15) is 0 Å². The van der Waals surface area contributed by atoms with Crippen molar-refractivity contribution >= 4 is 29.1 Å². The Hall–Kier alpha value is -0.540. The average molecular weight is 207 g/mol. The summed E-state index contributed by atoms with van der Waals surface area (Å²) in [4.78, 5) is 10.2. The Morgan fingerprint density at radius 3 is 2.50 bits per heavy atom. The molecule has 0 spiro atoms. The number of alkyl halides is 2. The number of aryl methyl sites for hydroxylation is 2. The van der Waals surface area contributed by atoms with Gasteiger partial charge in [0, 0.05) is 5.69 Å². The molecule has 0 radical (unpaired) electrons. The Labute approximate surface area is 80.3 Å². The van der Waals surface area contributed by atoms with Crippen molar-refractivity contribution in [3.63, 3.8) is 0 Å². The van der Waals surface area contributed by atoms with Crippen LogP contribution in [-0.4, -0.2) is 20.5 Å². The van der Waals surface area contributed by atoms with E-state index in [1.54, 1.807) is 19.9 Å². The Bertz CT molecular complexity index is 306. The van der Waals surface area contributed by atoms with Crippen molar-refractivity contribution in [3.8, 4) is 0 Å². The van der Waals surface area contributed by atoms with Crippen LogP contribution in [0.3, 0.4) is 0 Å². The number of aromatic nitrogens is 2. The van der Waals surface area contributed by atoms with Gasteiger partial charge in [0.15, 0.2) is 4.84 Å². The molecule has 1 aromatic rings. The fourth-order valence-corrected chi connectivity index (χ4v) is 1.13. The lowest BCUT2D eigenvalue weighted by molar-refractivity contribution is 0.0911. The van der Waals surface area contributed by atoms with Gasteiger partial charge in [0.2, 0.25) is 0 Å². The fourth-order valence-electron chi connectivity index (χ4n) is 0.944. The number of carbonyl (C=O) groups is 1. The normalized spacial score (nSPS) is 10.8. The highest BCUT2D eigenvalue weighted by Crippen LogP contribution is 2.08. The molecule has 0 saturated heterocycles. The molecule has 0 aliphatic heterocycles. The van der Waals surface area contributed by atoms with Crippen molar-refractivity contribution in [2.45, 2.75) is 18.7 Å². The molecule has 0 saturated carbocycles. The van der Waals surface area contributed by atoms with E-state index in [1.807, 2.05) is 0 Å². The van der Waals surface area contributed by atoms with Crippen LogP contribution in [0.1, 0.15) is 16.2 Å². The van der Waals surface area contributed by atoms with E-state index in [9.17, 15) is 4.79 Å². The number of hydrogen-bond acceptors (Lipinski definition) is 2. The van der Waals surface area contributed by atoms with Gasteiger partial charge in [-0.25, -0.2) is 4.68 Å². The molecule has 0 aromatic carbocycles. The zero-order valence-corrected chi connectivity index (χ0v) is 8.23. The van der Waals surface area contributed by atoms with E-state index in [-0.39, 0.29) is 0 Å². The van der Waals surface area contributed by atoms with E-state index < -0.39 is 10.7 Å². The van der Waals surface area contributed by atoms with Crippen molar-refractivity contribution < 1.29 is 4.79 Å². The third-order valence-corrected chi connectivity index (χ3v) is 1.78. The SMILES string of the molecule is Cc1cc(C)n(C(=O)C(Cl)Cl)n1. The van der Waals surface area contributed by atoms with Gasteiger partial charge in [-0.3, -0.25) is 4.79 Å². The summed E-state index contributed by atoms with van der Waals surface area (Å²) in [5.41, 5.74) is 1.51. The summed E-state index contributed by atoms with van der Waals surface area (Å²) in [5.74, 6) is -0.413. The molecular formula is C7H8Cl2N2O. The number of hydrogen-bond donors (Lipinski definition) is 0. The van der Waals surface area contributed by atoms with E-state index in [2.05, 4.69) is 5.10 Å². The van der Waals surface area contributed by atoms with Crippen molar-refractivity contribution in [1.29, 1.82) is 0 Å². The molecule has 3 nitrogen and oxygen atoms in total. The van der Waals surface area contributed by atoms with Crippen molar-refractivity contribution in [2.75, 3.05) is 0 Å². The molecule has 0 atom stereocenters. The topological polar surface area (TPSA) is 34.9 Å². The highest BCUT2D eigenvalue weighted by Gasteiger charge is 2.16. The van der Waals surface area contributed by atoms with Crippen LogP contribution in [0.5, 0.6) is 0 Å². The van der Waals surface area contributed by atoms with Crippen LogP contribution >= 0.6 is 23.2 Å². The summed E-state index contributed by atoms with van der Waals surface area (Å²) in [6.07, 6.45) is 0. The number of nitrogens with zero attached hydrogens (tertiary/aromatic N) is 2. The van der Waals surface area contributed by atoms with Crippen LogP contribution in [0, 0.1) is 13.8 Å². The van der Waals surface area contributed by atoms with E-state index >= 15 is 0 Å². The van der Waals surface area contributed by atoms with Gasteiger partial charge >= 0.3 is 0 Å². The summed E-state index contributed by atoms with van der Waals surface area (Å²) < 4.78 is 1.21. The van der Waals surface area contributed by atoms with Gasteiger partial charge in [-0.05, 0) is 19.9 Å². The highest BCUT2D eigenvalue weighted by molar-refractivity contribution is 6.53. The maximum Gasteiger partial charge on any atom is 0.280 e. The van der Waals surface area contributed by atoms with E-state index in [0.29, 0.717) is 0 Å². The van der Waals surface area contributed by atoms with Gasteiger partial charge in [0.05, 0.1) is 5.69 Å². The third kappa shape index (κ3) is 1.79. The Morgan fingerprint density at radius 2 is 2.17 bits per heavy atom. The van der Waals surface area contributed by atoms with Crippen LogP contribution in [0.25, 0.3) is 0 Å². The summed E-state index contributed by atoms with van der Waals surface area (Å²) in [5, 5.41) is 3.93. The van der Waals surface area contributed by atoms with Gasteiger partial charge in [-0.15, -0.1) is 0 Å². The number of carbonyl (C=O) groups excluding carboxylic acids is 1. The van der Waals surface area contributed by atoms with E-state index in [0.717, 1.165) is 11.4 Å². The van der Waals surface area contributed by atoms with Crippen molar-refractivity contribution in [3.05, 3.63) is 17.5 Å². The average Bonchev–Trinajstić information content (AvgIpc) is 2.28. The Kier molecular flexibility index (Phi) is 2.75. The monoisotopic (exact) mass is 206 g/mol. The summed E-state index contributed by atoms with van der Waals surface area (Å²) >= 11 is 10.8. The Balaban J connectivity index is 3.02. The summed E-state index contributed by atoms with van der Waals surface area (Å²) in [6.45, 7) is 3.57. The maximum atomic E-state index is 11.2. The molecule has 0 unspecified atom stereocenters. The second-order valence-electron chi connectivity index (χ2n) is 2.48. The summed E-state index contributed by atoms with van der Waals surface area (Å²) in [7, 11) is 0. The van der Waals surface area contributed by atoms with Gasteiger partial charge in [-0.2, -0.15) is 5.10 Å². The smallest absolute Gasteiger partial charge is 0.269 e. The largest absolute Gasteiger partial charge is 0.280 e. The number of halogens is 2. The molecule has 0 bridgehead atoms. The second kappa shape index (κ2) is 3.46. The zero-order chi connectivity index (χ0) is 9.30. The Morgan fingerprint density at radius 1 is 1.58 bits per heavy atom. The quantitative estimate of drug-likeness (QED) is 0.659. The zero-order valence-electron chi connectivity index (χ0n) is 6.71. The molecule has 66 valence electrons. The first kappa shape index (κ1) is 9.55. The van der Waals surface area contributed by atoms with E-state index in [4.69, 9.17) is 23.2 Å². The van der Waals surface area contributed by atoms with Crippen LogP contribution in [0.15, 0.2) is 6.07 Å². The van der Waals surface area contributed by atoms with Gasteiger partial charge in [-0.1, -0.05) is 23.2 Å². The molecule has 12 heavy (non-hydrogen) atoms. The number of rotatable bonds is 1. The molecule has 0 fully saturated rings. The van der Waals surface area contributed by atoms with Gasteiger partial charge in [0.25, 0.3) is 5.91 Å². The first-order valence-electron chi connectivity index (χ1n) is 3.38. The maximum absolute atomic E-state index is 11.2. The predicted molar refractivity (Wildman–Crippen MR) is 47.8 cm³/mol. The molecule has 0 amide bonds. The molecule has 0 aliphatic rings. The highest BCUT2D eigenvalue weighted by atomic mass is 35.5. The lowest BCUT2D eigenvalue weighted by Crippen LogP contribution is -2.20.